The van der Waals surface area contributed by atoms with E-state index in [0.717, 1.165) is 5.57 Å². The summed E-state index contributed by atoms with van der Waals surface area (Å²) in [5.74, 6) is 0.0179. The first-order valence-corrected chi connectivity index (χ1v) is 11.4. The molecule has 0 unspecified atom stereocenters. The van der Waals surface area contributed by atoms with Crippen molar-refractivity contribution in [2.75, 3.05) is 19.8 Å². The van der Waals surface area contributed by atoms with Gasteiger partial charge in [-0.25, -0.2) is 0 Å². The smallest absolute Gasteiger partial charge is 0.187 e. The molecule has 12 heteroatoms. The van der Waals surface area contributed by atoms with E-state index in [1.807, 2.05) is 13.8 Å². The van der Waals surface area contributed by atoms with Gasteiger partial charge in [0.25, 0.3) is 0 Å². The topological polar surface area (TPSA) is 196 Å². The van der Waals surface area contributed by atoms with Gasteiger partial charge in [-0.2, -0.15) is 0 Å². The van der Waals surface area contributed by atoms with E-state index < -0.39 is 74.6 Å². The predicted octanol–water partition coefficient (Wildman–Crippen LogP) is -2.67. The summed E-state index contributed by atoms with van der Waals surface area (Å²) in [5, 5.41) is 70.1. The van der Waals surface area contributed by atoms with Crippen LogP contribution in [0.2, 0.25) is 0 Å². The molecule has 12 nitrogen and oxygen atoms in total. The maximum Gasteiger partial charge on any atom is 0.187 e. The van der Waals surface area contributed by atoms with Gasteiger partial charge in [0.05, 0.1) is 19.8 Å². The Hall–Kier alpha value is -1.03. The van der Waals surface area contributed by atoms with Crippen molar-refractivity contribution in [1.29, 1.82) is 0 Å². The van der Waals surface area contributed by atoms with Gasteiger partial charge in [0.15, 0.2) is 18.4 Å². The molecule has 3 rings (SSSR count). The van der Waals surface area contributed by atoms with Gasteiger partial charge in [-0.15, -0.1) is 0 Å². The molecule has 10 atom stereocenters. The molecular formula is C22H36O12. The highest BCUT2D eigenvalue weighted by molar-refractivity contribution is 5.96. The lowest BCUT2D eigenvalue weighted by Gasteiger charge is -2.43. The molecule has 0 bridgehead atoms. The number of ketones is 1. The fourth-order valence-corrected chi connectivity index (χ4v) is 4.50. The molecule has 0 aromatic carbocycles. The third-order valence-electron chi connectivity index (χ3n) is 7.00. The summed E-state index contributed by atoms with van der Waals surface area (Å²) in [6.07, 6.45) is -13.8. The van der Waals surface area contributed by atoms with Crippen LogP contribution in [0.25, 0.3) is 0 Å². The first-order chi connectivity index (χ1) is 15.9. The zero-order valence-electron chi connectivity index (χ0n) is 19.5. The summed E-state index contributed by atoms with van der Waals surface area (Å²) in [5.41, 5.74) is 1.04. The second kappa shape index (κ2) is 10.9. The van der Waals surface area contributed by atoms with E-state index in [-0.39, 0.29) is 17.8 Å². The molecular weight excluding hydrogens is 456 g/mol. The Morgan fingerprint density at radius 1 is 0.853 bits per heavy atom. The van der Waals surface area contributed by atoms with Gasteiger partial charge in [0, 0.05) is 6.42 Å². The minimum atomic E-state index is -1.65. The molecule has 34 heavy (non-hydrogen) atoms. The lowest BCUT2D eigenvalue weighted by atomic mass is 9.72. The number of aliphatic hydroxyl groups is 7. The van der Waals surface area contributed by atoms with Gasteiger partial charge >= 0.3 is 0 Å². The molecule has 2 fully saturated rings. The van der Waals surface area contributed by atoms with E-state index in [4.69, 9.17) is 18.9 Å². The maximum absolute atomic E-state index is 12.1. The van der Waals surface area contributed by atoms with Gasteiger partial charge in [0.2, 0.25) is 0 Å². The summed E-state index contributed by atoms with van der Waals surface area (Å²) >= 11 is 0. The number of allylic oxidation sites excluding steroid dienone is 1. The van der Waals surface area contributed by atoms with Crippen molar-refractivity contribution in [3.8, 4) is 0 Å². The molecule has 3 aliphatic rings. The van der Waals surface area contributed by atoms with E-state index >= 15 is 0 Å². The first-order valence-electron chi connectivity index (χ1n) is 11.4. The SMILES string of the molecule is CC1=C(CO[C@@H]2O[C@H](CO[C@@H]3O[C@H](CO)[C@@H](O)[C@H](O)[C@H]3O)[C@@H](O)[C@H](O)[C@H]2O)C(C)(C)CCC1=O. The quantitative estimate of drug-likeness (QED) is 0.195. The van der Waals surface area contributed by atoms with Crippen molar-refractivity contribution in [3.05, 3.63) is 11.1 Å². The number of aliphatic hydroxyl groups excluding tert-OH is 7. The lowest BCUT2D eigenvalue weighted by Crippen LogP contribution is -2.61. The number of carbonyl (C=O) groups excluding carboxylic acids is 1. The molecule has 2 aliphatic heterocycles. The van der Waals surface area contributed by atoms with Gasteiger partial charge in [-0.3, -0.25) is 4.79 Å². The predicted molar refractivity (Wildman–Crippen MR) is 113 cm³/mol. The standard InChI is InChI=1S/C22H36O12/c1-9-10(22(2,3)5-4-11(9)24)7-31-20-19(30)17(28)15(26)13(34-20)8-32-21-18(29)16(27)14(25)12(6-23)33-21/h12-21,23,25-30H,4-8H2,1-3H3/t12-,13-,14-,15-,16+,17+,18-,19-,20-,21-/m1/s1. The molecule has 0 aromatic heterocycles. The van der Waals surface area contributed by atoms with Crippen LogP contribution >= 0.6 is 0 Å². The molecule has 1 aliphatic carbocycles. The van der Waals surface area contributed by atoms with E-state index in [1.165, 1.54) is 0 Å². The Balaban J connectivity index is 1.65. The number of carbonyl (C=O) groups is 1. The molecule has 0 aromatic rings. The first kappa shape index (κ1) is 27.6. The van der Waals surface area contributed by atoms with Crippen molar-refractivity contribution >= 4 is 5.78 Å². The summed E-state index contributed by atoms with van der Waals surface area (Å²) in [7, 11) is 0. The van der Waals surface area contributed by atoms with Gasteiger partial charge in [-0.1, -0.05) is 13.8 Å². The zero-order chi connectivity index (χ0) is 25.4. The molecule has 7 N–H and O–H groups in total. The van der Waals surface area contributed by atoms with Crippen LogP contribution in [0, 0.1) is 5.41 Å². The molecule has 0 saturated carbocycles. The summed E-state index contributed by atoms with van der Waals surface area (Å²) in [6.45, 7) is 4.57. The van der Waals surface area contributed by atoms with Crippen molar-refractivity contribution in [2.45, 2.75) is 95.0 Å². The van der Waals surface area contributed by atoms with Crippen molar-refractivity contribution < 1.29 is 59.5 Å². The molecule has 196 valence electrons. The molecule has 0 radical (unpaired) electrons. The zero-order valence-corrected chi connectivity index (χ0v) is 19.5. The van der Waals surface area contributed by atoms with Crippen LogP contribution in [0.4, 0.5) is 0 Å². The second-order valence-electron chi connectivity index (χ2n) is 9.77. The van der Waals surface area contributed by atoms with E-state index in [1.54, 1.807) is 6.92 Å². The summed E-state index contributed by atoms with van der Waals surface area (Å²) < 4.78 is 22.0. The maximum atomic E-state index is 12.1. The van der Waals surface area contributed by atoms with E-state index in [9.17, 15) is 40.5 Å². The minimum absolute atomic E-state index is 0.0179. The monoisotopic (exact) mass is 492 g/mol. The van der Waals surface area contributed by atoms with Crippen molar-refractivity contribution in [2.24, 2.45) is 5.41 Å². The summed E-state index contributed by atoms with van der Waals surface area (Å²) in [4.78, 5) is 12.1. The highest BCUT2D eigenvalue weighted by Gasteiger charge is 2.47. The van der Waals surface area contributed by atoms with Gasteiger partial charge < -0.3 is 54.7 Å². The third-order valence-corrected chi connectivity index (χ3v) is 7.00. The van der Waals surface area contributed by atoms with Crippen LogP contribution in [0.5, 0.6) is 0 Å². The van der Waals surface area contributed by atoms with Crippen LogP contribution in [0.15, 0.2) is 11.1 Å². The highest BCUT2D eigenvalue weighted by Crippen LogP contribution is 2.39. The Morgan fingerprint density at radius 2 is 1.38 bits per heavy atom. The Labute approximate surface area is 197 Å². The van der Waals surface area contributed by atoms with Crippen LogP contribution in [-0.4, -0.2) is 123 Å². The van der Waals surface area contributed by atoms with Crippen molar-refractivity contribution in [3.63, 3.8) is 0 Å². The van der Waals surface area contributed by atoms with Crippen LogP contribution < -0.4 is 0 Å². The normalized spacial score (nSPS) is 43.3. The fourth-order valence-electron chi connectivity index (χ4n) is 4.50. The van der Waals surface area contributed by atoms with Crippen LogP contribution in [0.3, 0.4) is 0 Å². The third kappa shape index (κ3) is 5.52. The largest absolute Gasteiger partial charge is 0.394 e. The highest BCUT2D eigenvalue weighted by atomic mass is 16.7. The number of Topliss-reactive ketones (excluding diaryl/α,β-unsaturated/α-hetero) is 1. The number of hydrogen-bond donors (Lipinski definition) is 7. The fraction of sp³-hybridized carbons (Fsp3) is 0.864. The van der Waals surface area contributed by atoms with Crippen LogP contribution in [0.1, 0.15) is 33.6 Å². The molecule has 0 spiro atoms. The van der Waals surface area contributed by atoms with Crippen LogP contribution in [-0.2, 0) is 23.7 Å². The average Bonchev–Trinajstić information content (AvgIpc) is 2.80. The molecule has 0 amide bonds. The number of hydrogen-bond acceptors (Lipinski definition) is 12. The van der Waals surface area contributed by atoms with E-state index in [0.29, 0.717) is 18.4 Å². The molecule has 2 saturated heterocycles. The molecule has 2 heterocycles. The number of rotatable bonds is 7. The van der Waals surface area contributed by atoms with Gasteiger partial charge in [0.1, 0.15) is 48.8 Å². The average molecular weight is 493 g/mol. The Morgan fingerprint density at radius 3 is 1.97 bits per heavy atom. The number of ether oxygens (including phenoxy) is 4. The Bertz CT molecular complexity index is 752. The van der Waals surface area contributed by atoms with Crippen molar-refractivity contribution in [1.82, 2.24) is 0 Å². The Kier molecular flexibility index (Phi) is 8.86. The van der Waals surface area contributed by atoms with Gasteiger partial charge in [-0.05, 0) is 29.9 Å². The lowest BCUT2D eigenvalue weighted by molar-refractivity contribution is -0.330. The van der Waals surface area contributed by atoms with E-state index in [2.05, 4.69) is 0 Å². The second-order valence-corrected chi connectivity index (χ2v) is 9.77. The summed E-state index contributed by atoms with van der Waals surface area (Å²) in [6, 6.07) is 0. The minimum Gasteiger partial charge on any atom is -0.394 e.